The summed E-state index contributed by atoms with van der Waals surface area (Å²) in [6.07, 6.45) is 0.986. The summed E-state index contributed by atoms with van der Waals surface area (Å²) in [7, 11) is 0. The van der Waals surface area contributed by atoms with Crippen LogP contribution in [0.5, 0.6) is 0 Å². The average molecular weight is 259 g/mol. The fourth-order valence-electron chi connectivity index (χ4n) is 3.03. The van der Waals surface area contributed by atoms with Gasteiger partial charge in [-0.05, 0) is 25.0 Å². The minimum Gasteiger partial charge on any atom is -0.312 e. The Morgan fingerprint density at radius 2 is 2.21 bits per heavy atom. The van der Waals surface area contributed by atoms with E-state index in [0.717, 1.165) is 38.3 Å². The van der Waals surface area contributed by atoms with E-state index in [1.807, 2.05) is 17.0 Å². The van der Waals surface area contributed by atoms with Crippen LogP contribution in [0.15, 0.2) is 24.3 Å². The van der Waals surface area contributed by atoms with Crippen LogP contribution in [0.2, 0.25) is 0 Å². The first-order chi connectivity index (χ1) is 9.24. The van der Waals surface area contributed by atoms with Crippen molar-refractivity contribution in [2.45, 2.75) is 19.4 Å². The zero-order chi connectivity index (χ0) is 13.2. The first-order valence-electron chi connectivity index (χ1n) is 7.08. The molecular formula is C15H21N3O. The molecule has 4 nitrogen and oxygen atoms in total. The summed E-state index contributed by atoms with van der Waals surface area (Å²) < 4.78 is 0. The third-order valence-electron chi connectivity index (χ3n) is 4.00. The van der Waals surface area contributed by atoms with E-state index >= 15 is 0 Å². The molecule has 0 unspecified atom stereocenters. The molecule has 2 aliphatic rings. The second kappa shape index (κ2) is 5.31. The number of amides is 1. The number of nitrogens with one attached hydrogen (secondary N) is 1. The Morgan fingerprint density at radius 1 is 1.37 bits per heavy atom. The van der Waals surface area contributed by atoms with Crippen LogP contribution in [0.4, 0.5) is 5.69 Å². The number of hydrogen-bond donors (Lipinski definition) is 1. The maximum absolute atomic E-state index is 12.4. The molecular weight excluding hydrogens is 238 g/mol. The molecule has 1 aromatic rings. The maximum Gasteiger partial charge on any atom is 0.241 e. The van der Waals surface area contributed by atoms with E-state index in [0.29, 0.717) is 12.6 Å². The molecule has 3 rings (SSSR count). The van der Waals surface area contributed by atoms with Gasteiger partial charge in [0.15, 0.2) is 0 Å². The van der Waals surface area contributed by atoms with Crippen LogP contribution in [0.1, 0.15) is 12.5 Å². The number of piperazine rings is 1. The Morgan fingerprint density at radius 3 is 3.05 bits per heavy atom. The summed E-state index contributed by atoms with van der Waals surface area (Å²) in [6.45, 7) is 6.44. The lowest BCUT2D eigenvalue weighted by molar-refractivity contribution is -0.119. The van der Waals surface area contributed by atoms with Crippen molar-refractivity contribution in [2.75, 3.05) is 37.6 Å². The predicted octanol–water partition coefficient (Wildman–Crippen LogP) is 0.869. The van der Waals surface area contributed by atoms with Gasteiger partial charge in [0.1, 0.15) is 0 Å². The first-order valence-corrected chi connectivity index (χ1v) is 7.08. The molecule has 102 valence electrons. The molecule has 2 heterocycles. The predicted molar refractivity (Wildman–Crippen MR) is 76.4 cm³/mol. The Hall–Kier alpha value is -1.39. The number of carbonyl (C=O) groups excluding carboxylic acids is 1. The topological polar surface area (TPSA) is 35.6 Å². The monoisotopic (exact) mass is 259 g/mol. The van der Waals surface area contributed by atoms with E-state index in [1.165, 1.54) is 5.56 Å². The fraction of sp³-hybridized carbons (Fsp3) is 0.533. The Labute approximate surface area is 114 Å². The van der Waals surface area contributed by atoms with E-state index in [2.05, 4.69) is 29.3 Å². The molecule has 0 saturated carbocycles. The van der Waals surface area contributed by atoms with E-state index in [-0.39, 0.29) is 5.91 Å². The zero-order valence-corrected chi connectivity index (χ0v) is 11.4. The lowest BCUT2D eigenvalue weighted by Crippen LogP contribution is -2.52. The van der Waals surface area contributed by atoms with E-state index < -0.39 is 0 Å². The van der Waals surface area contributed by atoms with Gasteiger partial charge in [-0.15, -0.1) is 0 Å². The Kier molecular flexibility index (Phi) is 3.53. The van der Waals surface area contributed by atoms with Crippen molar-refractivity contribution in [1.29, 1.82) is 0 Å². The molecule has 0 bridgehead atoms. The van der Waals surface area contributed by atoms with Gasteiger partial charge in [0.05, 0.1) is 6.54 Å². The van der Waals surface area contributed by atoms with Gasteiger partial charge in [-0.1, -0.05) is 18.2 Å². The quantitative estimate of drug-likeness (QED) is 0.856. The molecule has 1 saturated heterocycles. The molecule has 1 aromatic carbocycles. The molecule has 1 atom stereocenters. The SMILES string of the molecule is C[C@H]1CN(CC(=O)N2CCc3ccccc32)CCN1. The highest BCUT2D eigenvalue weighted by Crippen LogP contribution is 2.27. The molecule has 0 radical (unpaired) electrons. The van der Waals surface area contributed by atoms with Gasteiger partial charge in [-0.3, -0.25) is 9.69 Å². The highest BCUT2D eigenvalue weighted by molar-refractivity contribution is 5.96. The van der Waals surface area contributed by atoms with Gasteiger partial charge in [-0.2, -0.15) is 0 Å². The highest BCUT2D eigenvalue weighted by Gasteiger charge is 2.26. The van der Waals surface area contributed by atoms with Gasteiger partial charge in [-0.25, -0.2) is 0 Å². The molecule has 1 N–H and O–H groups in total. The van der Waals surface area contributed by atoms with E-state index in [4.69, 9.17) is 0 Å². The number of fused-ring (bicyclic) bond motifs is 1. The van der Waals surface area contributed by atoms with Gasteiger partial charge in [0, 0.05) is 37.9 Å². The number of nitrogens with zero attached hydrogens (tertiary/aromatic N) is 2. The van der Waals surface area contributed by atoms with Crippen molar-refractivity contribution >= 4 is 11.6 Å². The van der Waals surface area contributed by atoms with Crippen LogP contribution in [0, 0.1) is 0 Å². The third kappa shape index (κ3) is 2.65. The van der Waals surface area contributed by atoms with Crippen molar-refractivity contribution in [3.63, 3.8) is 0 Å². The standard InChI is InChI=1S/C15H21N3O/c1-12-10-17(9-7-16-12)11-15(19)18-8-6-13-4-2-3-5-14(13)18/h2-5,12,16H,6-11H2,1H3/t12-/m0/s1. The van der Waals surface area contributed by atoms with Crippen LogP contribution in [0.3, 0.4) is 0 Å². The molecule has 0 aromatic heterocycles. The van der Waals surface area contributed by atoms with E-state index in [9.17, 15) is 4.79 Å². The van der Waals surface area contributed by atoms with Crippen molar-refractivity contribution in [2.24, 2.45) is 0 Å². The molecule has 1 amide bonds. The number of carbonyl (C=O) groups is 1. The normalized spacial score (nSPS) is 23.4. The fourth-order valence-corrected chi connectivity index (χ4v) is 3.03. The summed E-state index contributed by atoms with van der Waals surface area (Å²) in [5.74, 6) is 0.235. The van der Waals surface area contributed by atoms with Crippen LogP contribution >= 0.6 is 0 Å². The minimum absolute atomic E-state index is 0.235. The smallest absolute Gasteiger partial charge is 0.241 e. The first kappa shape index (κ1) is 12.6. The molecule has 4 heteroatoms. The minimum atomic E-state index is 0.235. The molecule has 0 spiro atoms. The van der Waals surface area contributed by atoms with Crippen molar-refractivity contribution in [3.8, 4) is 0 Å². The van der Waals surface area contributed by atoms with E-state index in [1.54, 1.807) is 0 Å². The van der Waals surface area contributed by atoms with Crippen molar-refractivity contribution in [3.05, 3.63) is 29.8 Å². The van der Waals surface area contributed by atoms with Gasteiger partial charge < -0.3 is 10.2 Å². The van der Waals surface area contributed by atoms with Crippen LogP contribution in [-0.4, -0.2) is 49.6 Å². The lowest BCUT2D eigenvalue weighted by atomic mass is 10.2. The molecule has 2 aliphatic heterocycles. The third-order valence-corrected chi connectivity index (χ3v) is 4.00. The number of rotatable bonds is 2. The van der Waals surface area contributed by atoms with Crippen molar-refractivity contribution < 1.29 is 4.79 Å². The number of anilines is 1. The van der Waals surface area contributed by atoms with Crippen LogP contribution in [0.25, 0.3) is 0 Å². The Balaban J connectivity index is 1.65. The van der Waals surface area contributed by atoms with Gasteiger partial charge in [0.2, 0.25) is 5.91 Å². The summed E-state index contributed by atoms with van der Waals surface area (Å²) in [5.41, 5.74) is 2.40. The highest BCUT2D eigenvalue weighted by atomic mass is 16.2. The number of hydrogen-bond acceptors (Lipinski definition) is 3. The Bertz CT molecular complexity index is 474. The second-order valence-corrected chi connectivity index (χ2v) is 5.51. The largest absolute Gasteiger partial charge is 0.312 e. The van der Waals surface area contributed by atoms with Crippen LogP contribution < -0.4 is 10.2 Å². The molecule has 19 heavy (non-hydrogen) atoms. The average Bonchev–Trinajstić information content (AvgIpc) is 2.82. The summed E-state index contributed by atoms with van der Waals surface area (Å²) in [5, 5.41) is 3.40. The summed E-state index contributed by atoms with van der Waals surface area (Å²) in [4.78, 5) is 16.6. The maximum atomic E-state index is 12.4. The van der Waals surface area contributed by atoms with Gasteiger partial charge >= 0.3 is 0 Å². The van der Waals surface area contributed by atoms with Crippen molar-refractivity contribution in [1.82, 2.24) is 10.2 Å². The van der Waals surface area contributed by atoms with Crippen LogP contribution in [-0.2, 0) is 11.2 Å². The number of benzene rings is 1. The summed E-state index contributed by atoms with van der Waals surface area (Å²) in [6, 6.07) is 8.71. The summed E-state index contributed by atoms with van der Waals surface area (Å²) >= 11 is 0. The number of para-hydroxylation sites is 1. The molecule has 0 aliphatic carbocycles. The van der Waals surface area contributed by atoms with Gasteiger partial charge in [0.25, 0.3) is 0 Å². The molecule has 1 fully saturated rings. The second-order valence-electron chi connectivity index (χ2n) is 5.51. The zero-order valence-electron chi connectivity index (χ0n) is 11.4. The lowest BCUT2D eigenvalue weighted by Gasteiger charge is -2.32.